The van der Waals surface area contributed by atoms with Gasteiger partial charge in [0.15, 0.2) is 0 Å². The molecule has 0 radical (unpaired) electrons. The Hall–Kier alpha value is -6.78. The zero-order valence-electron chi connectivity index (χ0n) is 36.3. The van der Waals surface area contributed by atoms with Gasteiger partial charge in [-0.15, -0.1) is 0 Å². The van der Waals surface area contributed by atoms with Crippen molar-refractivity contribution in [3.05, 3.63) is 76.2 Å². The number of nitrogens with one attached hydrogen (secondary N) is 6. The maximum absolute atomic E-state index is 14.8. The molecule has 66 heavy (non-hydrogen) atoms. The molecule has 5 aliphatic rings. The Kier molecular flexibility index (Phi) is 14.0. The third-order valence-electron chi connectivity index (χ3n) is 12.2. The lowest BCUT2D eigenvalue weighted by molar-refractivity contribution is -0.290. The topological polar surface area (TPSA) is 242 Å². The molecule has 2 aromatic carbocycles. The Labute approximate surface area is 377 Å². The Morgan fingerprint density at radius 1 is 0.985 bits per heavy atom. The molecule has 6 heterocycles. The Bertz CT molecular complexity index is 2450. The van der Waals surface area contributed by atoms with Crippen LogP contribution >= 0.6 is 0 Å². The number of amides is 7. The largest absolute Gasteiger partial charge is 0.385 e. The van der Waals surface area contributed by atoms with Crippen LogP contribution in [0.3, 0.4) is 0 Å². The number of halogens is 2. The lowest BCUT2D eigenvalue weighted by Gasteiger charge is -2.36. The minimum atomic E-state index is -2.85. The summed E-state index contributed by atoms with van der Waals surface area (Å²) in [6.07, 6.45) is 2.85. The van der Waals surface area contributed by atoms with E-state index in [9.17, 15) is 43.0 Å². The molecule has 20 nitrogen and oxygen atoms in total. The van der Waals surface area contributed by atoms with Crippen LogP contribution in [0, 0.1) is 5.41 Å². The van der Waals surface area contributed by atoms with Crippen molar-refractivity contribution < 1.29 is 52.1 Å². The molecule has 1 unspecified atom stereocenters. The summed E-state index contributed by atoms with van der Waals surface area (Å²) in [7, 11) is 1.56. The van der Waals surface area contributed by atoms with Crippen molar-refractivity contribution in [2.75, 3.05) is 76.4 Å². The van der Waals surface area contributed by atoms with Crippen LogP contribution in [0.4, 0.5) is 25.0 Å². The number of rotatable bonds is 16. The fourth-order valence-electron chi connectivity index (χ4n) is 8.87. The number of anilines is 2. The van der Waals surface area contributed by atoms with Crippen LogP contribution in [0.2, 0.25) is 0 Å². The highest BCUT2D eigenvalue weighted by Crippen LogP contribution is 2.40. The maximum atomic E-state index is 14.8. The van der Waals surface area contributed by atoms with Crippen LogP contribution in [-0.2, 0) is 41.9 Å². The number of ether oxygens (including phenoxy) is 1. The molecule has 6 N–H and O–H groups in total. The third-order valence-corrected chi connectivity index (χ3v) is 12.2. The first-order chi connectivity index (χ1) is 31.9. The standard InChI is InChI=1S/C44H51F2N11O9/c1-48-44(63)54-13-8-32(52-27-9-15-64-16-10-27)31(23-54)40(47)56-14-7-25-19-29(30(39(45)46)20-35(25)56)26-21-51-55(22-26)24-37(59)50-12-18-66-65-17-11-49-33-4-2-3-28-38(33)43(62)57(42(28)61)34-5-6-36(58)53-41(34)60/h2-4,19-22,27,34,39,47,49,52H,5-18,23-24H2,1H3,(H,48,63)(H,50,59)(H,53,58,60). The molecule has 8 rings (SSSR count). The van der Waals surface area contributed by atoms with Crippen molar-refractivity contribution in [2.24, 2.45) is 0 Å². The smallest absolute Gasteiger partial charge is 0.317 e. The third kappa shape index (κ3) is 9.75. The summed E-state index contributed by atoms with van der Waals surface area (Å²) in [5.41, 5.74) is 3.89. The molecule has 5 aliphatic heterocycles. The molecule has 22 heteroatoms. The van der Waals surface area contributed by atoms with Gasteiger partial charge in [-0.3, -0.25) is 44.3 Å². The number of carbonyl (C=O) groups is 6. The van der Waals surface area contributed by atoms with Gasteiger partial charge in [-0.2, -0.15) is 5.10 Å². The molecule has 1 atom stereocenters. The van der Waals surface area contributed by atoms with Crippen LogP contribution in [0.5, 0.6) is 0 Å². The summed E-state index contributed by atoms with van der Waals surface area (Å²) in [5.74, 6) is -2.66. The van der Waals surface area contributed by atoms with E-state index in [0.29, 0.717) is 61.7 Å². The molecule has 7 amide bonds. The molecule has 1 aromatic heterocycles. The van der Waals surface area contributed by atoms with Gasteiger partial charge in [0.05, 0.1) is 37.1 Å². The van der Waals surface area contributed by atoms with Crippen LogP contribution < -0.4 is 31.5 Å². The second-order valence-electron chi connectivity index (χ2n) is 16.4. The fraction of sp³-hybridized carbons (Fsp3) is 0.455. The van der Waals surface area contributed by atoms with E-state index in [4.69, 9.17) is 14.5 Å². The van der Waals surface area contributed by atoms with Gasteiger partial charge in [-0.25, -0.2) is 23.4 Å². The SMILES string of the molecule is CNC(=O)N1CCC(NC2CCOCC2)=C(C(=N)N2CCc3cc(-c4cnn(CC(=O)NCCOOCCNc5cccc6c5C(=O)N(C5CCC(=O)NC5=O)C6=O)c4)c(C(F)F)cc32)C1. The van der Waals surface area contributed by atoms with Crippen molar-refractivity contribution >= 4 is 52.8 Å². The normalized spacial score (nSPS) is 18.7. The molecule has 0 aliphatic carbocycles. The van der Waals surface area contributed by atoms with E-state index in [1.165, 1.54) is 29.2 Å². The van der Waals surface area contributed by atoms with Gasteiger partial charge in [0.2, 0.25) is 17.7 Å². The molecular weight excluding hydrogens is 865 g/mol. The van der Waals surface area contributed by atoms with Gasteiger partial charge >= 0.3 is 6.03 Å². The number of nitrogens with zero attached hydrogens (tertiary/aromatic N) is 5. The first kappa shape index (κ1) is 45.8. The van der Waals surface area contributed by atoms with Crippen molar-refractivity contribution in [2.45, 2.75) is 63.6 Å². The van der Waals surface area contributed by atoms with Gasteiger partial charge in [-0.05, 0) is 61.1 Å². The second kappa shape index (κ2) is 20.2. The van der Waals surface area contributed by atoms with E-state index in [1.807, 2.05) is 0 Å². The number of piperidine rings is 1. The molecule has 2 saturated heterocycles. The van der Waals surface area contributed by atoms with E-state index in [1.54, 1.807) is 35.0 Å². The zero-order valence-corrected chi connectivity index (χ0v) is 36.3. The number of urea groups is 1. The van der Waals surface area contributed by atoms with E-state index in [2.05, 4.69) is 31.7 Å². The first-order valence-electron chi connectivity index (χ1n) is 21.9. The summed E-state index contributed by atoms with van der Waals surface area (Å²) in [5, 5.41) is 27.8. The molecule has 0 spiro atoms. The molecule has 0 bridgehead atoms. The number of fused-ring (bicyclic) bond motifs is 2. The Balaban J connectivity index is 0.817. The first-order valence-corrected chi connectivity index (χ1v) is 21.9. The van der Waals surface area contributed by atoms with Gasteiger partial charge < -0.3 is 35.8 Å². The average molecular weight is 916 g/mol. The van der Waals surface area contributed by atoms with E-state index < -0.39 is 42.0 Å². The number of alkyl halides is 2. The van der Waals surface area contributed by atoms with Crippen LogP contribution in [0.1, 0.15) is 70.4 Å². The van der Waals surface area contributed by atoms with Crippen LogP contribution in [0.15, 0.2) is 54.0 Å². The summed E-state index contributed by atoms with van der Waals surface area (Å²) in [4.78, 5) is 90.4. The Morgan fingerprint density at radius 2 is 1.77 bits per heavy atom. The number of carbonyl (C=O) groups excluding carboxylic acids is 6. The molecule has 3 aromatic rings. The summed E-state index contributed by atoms with van der Waals surface area (Å²) >= 11 is 0. The minimum Gasteiger partial charge on any atom is -0.385 e. The number of amidine groups is 1. The highest BCUT2D eigenvalue weighted by molar-refractivity contribution is 6.25. The molecule has 0 saturated carbocycles. The lowest BCUT2D eigenvalue weighted by atomic mass is 9.97. The van der Waals surface area contributed by atoms with Gasteiger partial charge in [-0.1, -0.05) is 6.07 Å². The van der Waals surface area contributed by atoms with E-state index in [-0.39, 0.29) is 92.4 Å². The number of aromatic nitrogens is 2. The van der Waals surface area contributed by atoms with Crippen LogP contribution in [0.25, 0.3) is 11.1 Å². The summed E-state index contributed by atoms with van der Waals surface area (Å²) in [6, 6.07) is 6.68. The molecule has 2 fully saturated rings. The Morgan fingerprint density at radius 3 is 2.53 bits per heavy atom. The summed E-state index contributed by atoms with van der Waals surface area (Å²) < 4.78 is 36.4. The van der Waals surface area contributed by atoms with Crippen molar-refractivity contribution in [1.29, 1.82) is 5.41 Å². The number of benzene rings is 2. The van der Waals surface area contributed by atoms with Gasteiger partial charge in [0.25, 0.3) is 18.2 Å². The minimum absolute atomic E-state index is 0.0104. The zero-order chi connectivity index (χ0) is 46.5. The number of hydrogen-bond donors (Lipinski definition) is 6. The second-order valence-corrected chi connectivity index (χ2v) is 16.4. The highest BCUT2D eigenvalue weighted by Gasteiger charge is 2.45. The van der Waals surface area contributed by atoms with Gasteiger partial charge in [0, 0.05) is 105 Å². The average Bonchev–Trinajstić information content (AvgIpc) is 4.02. The van der Waals surface area contributed by atoms with Crippen molar-refractivity contribution in [3.63, 3.8) is 0 Å². The molecular formula is C44H51F2N11O9. The fourth-order valence-corrected chi connectivity index (χ4v) is 8.87. The van der Waals surface area contributed by atoms with E-state index in [0.717, 1.165) is 29.0 Å². The van der Waals surface area contributed by atoms with Crippen molar-refractivity contribution in [3.8, 4) is 11.1 Å². The van der Waals surface area contributed by atoms with Crippen LogP contribution in [-0.4, -0.2) is 139 Å². The lowest BCUT2D eigenvalue weighted by Crippen LogP contribution is -2.54. The quantitative estimate of drug-likeness (QED) is 0.0303. The number of imide groups is 2. The molecule has 350 valence electrons. The number of hydrogen-bond acceptors (Lipinski definition) is 13. The monoisotopic (exact) mass is 915 g/mol. The van der Waals surface area contributed by atoms with E-state index >= 15 is 0 Å². The maximum Gasteiger partial charge on any atom is 0.317 e. The predicted molar refractivity (Wildman–Crippen MR) is 233 cm³/mol. The summed E-state index contributed by atoms with van der Waals surface area (Å²) in [6.45, 7) is 2.43. The highest BCUT2D eigenvalue weighted by atomic mass is 19.3. The predicted octanol–water partition coefficient (Wildman–Crippen LogP) is 2.47. The van der Waals surface area contributed by atoms with Gasteiger partial charge in [0.1, 0.15) is 18.4 Å². The van der Waals surface area contributed by atoms with Crippen molar-refractivity contribution in [1.82, 2.24) is 40.8 Å².